The minimum atomic E-state index is -1.27. The first-order valence-electron chi connectivity index (χ1n) is 9.40. The lowest BCUT2D eigenvalue weighted by atomic mass is 9.96. The molecule has 0 aliphatic carbocycles. The molecule has 156 valence electrons. The number of esters is 2. The molecule has 0 aromatic heterocycles. The van der Waals surface area contributed by atoms with Crippen LogP contribution in [0.5, 0.6) is 11.5 Å². The van der Waals surface area contributed by atoms with Gasteiger partial charge in [-0.2, -0.15) is 5.26 Å². The van der Waals surface area contributed by atoms with Crippen molar-refractivity contribution in [3.8, 4) is 17.6 Å². The molecule has 7 heteroatoms. The maximum atomic E-state index is 13.7. The number of carbonyl (C=O) groups excluding carboxylic acids is 2. The van der Waals surface area contributed by atoms with Crippen molar-refractivity contribution in [3.05, 3.63) is 72.6 Å². The zero-order valence-corrected chi connectivity index (χ0v) is 16.6. The van der Waals surface area contributed by atoms with Crippen LogP contribution in [0, 0.1) is 17.1 Å². The molecule has 0 radical (unpaired) electrons. The summed E-state index contributed by atoms with van der Waals surface area (Å²) >= 11 is 0. The predicted octanol–water partition coefficient (Wildman–Crippen LogP) is 4.61. The Morgan fingerprint density at radius 2 is 1.83 bits per heavy atom. The topological polar surface area (TPSA) is 85.6 Å². The second-order valence-corrected chi connectivity index (χ2v) is 6.35. The van der Waals surface area contributed by atoms with E-state index in [0.29, 0.717) is 12.8 Å². The number of rotatable bonds is 10. The summed E-state index contributed by atoms with van der Waals surface area (Å²) in [7, 11) is 0. The smallest absolute Gasteiger partial charge is 0.347 e. The van der Waals surface area contributed by atoms with E-state index in [4.69, 9.17) is 14.2 Å². The average Bonchev–Trinajstić information content (AvgIpc) is 2.77. The lowest BCUT2D eigenvalue weighted by molar-refractivity contribution is -0.149. The maximum Gasteiger partial charge on any atom is 0.347 e. The molecule has 1 atom stereocenters. The largest absolute Gasteiger partial charge is 0.493 e. The summed E-state index contributed by atoms with van der Waals surface area (Å²) in [5, 5.41) is 9.42. The summed E-state index contributed by atoms with van der Waals surface area (Å²) in [6, 6.07) is 14.1. The zero-order valence-electron chi connectivity index (χ0n) is 16.6. The number of nitrogens with zero attached hydrogens (tertiary/aromatic N) is 1. The van der Waals surface area contributed by atoms with Crippen molar-refractivity contribution in [3.63, 3.8) is 0 Å². The van der Waals surface area contributed by atoms with Gasteiger partial charge < -0.3 is 14.2 Å². The molecule has 0 fully saturated rings. The van der Waals surface area contributed by atoms with Gasteiger partial charge in [-0.25, -0.2) is 14.0 Å². The SMILES string of the molecule is C=CC(=O)OC(C#N)(CC)CCCOc1ccccc1C(=O)Oc1ccccc1F. The third-order valence-electron chi connectivity index (χ3n) is 4.37. The molecule has 0 bridgehead atoms. The fourth-order valence-corrected chi connectivity index (χ4v) is 2.68. The van der Waals surface area contributed by atoms with E-state index in [1.165, 1.54) is 24.3 Å². The number of ether oxygens (including phenoxy) is 3. The van der Waals surface area contributed by atoms with Crippen molar-refractivity contribution in [2.24, 2.45) is 0 Å². The fourth-order valence-electron chi connectivity index (χ4n) is 2.68. The van der Waals surface area contributed by atoms with Crippen LogP contribution < -0.4 is 9.47 Å². The number of para-hydroxylation sites is 2. The van der Waals surface area contributed by atoms with Gasteiger partial charge in [0.25, 0.3) is 0 Å². The molecular weight excluding hydrogens is 389 g/mol. The van der Waals surface area contributed by atoms with Crippen LogP contribution in [-0.2, 0) is 9.53 Å². The van der Waals surface area contributed by atoms with Crippen LogP contribution in [0.15, 0.2) is 61.2 Å². The van der Waals surface area contributed by atoms with Crippen LogP contribution in [0.25, 0.3) is 0 Å². The Balaban J connectivity index is 2.00. The van der Waals surface area contributed by atoms with Gasteiger partial charge in [-0.05, 0) is 37.1 Å². The number of benzene rings is 2. The molecule has 1 unspecified atom stereocenters. The lowest BCUT2D eigenvalue weighted by Gasteiger charge is -2.24. The van der Waals surface area contributed by atoms with Crippen LogP contribution in [-0.4, -0.2) is 24.1 Å². The second kappa shape index (κ2) is 10.8. The van der Waals surface area contributed by atoms with Gasteiger partial charge in [0.15, 0.2) is 17.2 Å². The van der Waals surface area contributed by atoms with E-state index in [1.54, 1.807) is 31.2 Å². The van der Waals surface area contributed by atoms with Gasteiger partial charge in [0.2, 0.25) is 0 Å². The van der Waals surface area contributed by atoms with Crippen LogP contribution in [0.1, 0.15) is 36.5 Å². The van der Waals surface area contributed by atoms with Crippen LogP contribution >= 0.6 is 0 Å². The van der Waals surface area contributed by atoms with E-state index in [0.717, 1.165) is 6.08 Å². The number of halogens is 1. The lowest BCUT2D eigenvalue weighted by Crippen LogP contribution is -2.32. The summed E-state index contributed by atoms with van der Waals surface area (Å²) in [6.07, 6.45) is 1.97. The molecule has 0 saturated heterocycles. The van der Waals surface area contributed by atoms with Crippen LogP contribution in [0.4, 0.5) is 4.39 Å². The van der Waals surface area contributed by atoms with Crippen molar-refractivity contribution < 1.29 is 28.2 Å². The van der Waals surface area contributed by atoms with Crippen LogP contribution in [0.2, 0.25) is 0 Å². The highest BCUT2D eigenvalue weighted by Gasteiger charge is 2.31. The van der Waals surface area contributed by atoms with Gasteiger partial charge in [0.05, 0.1) is 6.61 Å². The molecular formula is C23H22FNO5. The highest BCUT2D eigenvalue weighted by molar-refractivity contribution is 5.94. The normalized spacial score (nSPS) is 12.2. The highest BCUT2D eigenvalue weighted by Crippen LogP contribution is 2.25. The van der Waals surface area contributed by atoms with Crippen molar-refractivity contribution in [2.75, 3.05) is 6.61 Å². The van der Waals surface area contributed by atoms with E-state index >= 15 is 0 Å². The zero-order chi connectivity index (χ0) is 22.0. The molecule has 0 N–H and O–H groups in total. The van der Waals surface area contributed by atoms with Crippen molar-refractivity contribution in [1.82, 2.24) is 0 Å². The Bertz CT molecular complexity index is 953. The summed E-state index contributed by atoms with van der Waals surface area (Å²) < 4.78 is 29.7. The van der Waals surface area contributed by atoms with Gasteiger partial charge in [-0.1, -0.05) is 37.8 Å². The Morgan fingerprint density at radius 3 is 2.47 bits per heavy atom. The highest BCUT2D eigenvalue weighted by atomic mass is 19.1. The Hall–Kier alpha value is -3.66. The third-order valence-corrected chi connectivity index (χ3v) is 4.37. The third kappa shape index (κ3) is 5.92. The van der Waals surface area contributed by atoms with E-state index in [1.807, 2.05) is 6.07 Å². The molecule has 0 aliphatic rings. The first kappa shape index (κ1) is 22.6. The Kier molecular flexibility index (Phi) is 8.12. The molecule has 2 aromatic carbocycles. The standard InChI is InChI=1S/C23H22FNO5/c1-3-21(26)30-23(4-2,16-25)14-9-15-28-19-12-7-5-10-17(19)22(27)29-20-13-8-6-11-18(20)24/h3,5-8,10-13H,1,4,9,14-15H2,2H3. The maximum absolute atomic E-state index is 13.7. The number of carbonyl (C=O) groups is 2. The summed E-state index contributed by atoms with van der Waals surface area (Å²) in [6.45, 7) is 5.25. The molecule has 2 aromatic rings. The average molecular weight is 411 g/mol. The van der Waals surface area contributed by atoms with Gasteiger partial charge in [0, 0.05) is 12.5 Å². The van der Waals surface area contributed by atoms with Gasteiger partial charge in [-0.15, -0.1) is 0 Å². The monoisotopic (exact) mass is 411 g/mol. The van der Waals surface area contributed by atoms with Gasteiger partial charge in [0.1, 0.15) is 17.4 Å². The van der Waals surface area contributed by atoms with Gasteiger partial charge in [-0.3, -0.25) is 0 Å². The van der Waals surface area contributed by atoms with Gasteiger partial charge >= 0.3 is 11.9 Å². The predicted molar refractivity (Wildman–Crippen MR) is 107 cm³/mol. The molecule has 0 amide bonds. The first-order valence-corrected chi connectivity index (χ1v) is 9.40. The minimum Gasteiger partial charge on any atom is -0.493 e. The number of hydrogen-bond acceptors (Lipinski definition) is 6. The number of hydrogen-bond donors (Lipinski definition) is 0. The molecule has 6 nitrogen and oxygen atoms in total. The van der Waals surface area contributed by atoms with Crippen molar-refractivity contribution in [1.29, 1.82) is 5.26 Å². The fraction of sp³-hybridized carbons (Fsp3) is 0.261. The van der Waals surface area contributed by atoms with Crippen LogP contribution in [0.3, 0.4) is 0 Å². The molecule has 30 heavy (non-hydrogen) atoms. The summed E-state index contributed by atoms with van der Waals surface area (Å²) in [4.78, 5) is 23.9. The minimum absolute atomic E-state index is 0.140. The first-order chi connectivity index (χ1) is 14.4. The van der Waals surface area contributed by atoms with E-state index in [9.17, 15) is 19.2 Å². The van der Waals surface area contributed by atoms with E-state index < -0.39 is 23.4 Å². The second-order valence-electron chi connectivity index (χ2n) is 6.35. The summed E-state index contributed by atoms with van der Waals surface area (Å²) in [5.41, 5.74) is -1.13. The Labute approximate surface area is 174 Å². The molecule has 0 saturated carbocycles. The van der Waals surface area contributed by atoms with E-state index in [2.05, 4.69) is 6.58 Å². The molecule has 0 spiro atoms. The Morgan fingerprint density at radius 1 is 1.17 bits per heavy atom. The molecule has 2 rings (SSSR count). The van der Waals surface area contributed by atoms with E-state index in [-0.39, 0.29) is 30.1 Å². The number of nitriles is 1. The summed E-state index contributed by atoms with van der Waals surface area (Å²) in [5.74, 6) is -1.98. The molecule has 0 heterocycles. The van der Waals surface area contributed by atoms with Crippen molar-refractivity contribution in [2.45, 2.75) is 31.8 Å². The van der Waals surface area contributed by atoms with Crippen molar-refractivity contribution >= 4 is 11.9 Å². The molecule has 0 aliphatic heterocycles. The quantitative estimate of drug-likeness (QED) is 0.246.